The number of rotatable bonds is 6. The molecule has 0 aliphatic rings. The van der Waals surface area contributed by atoms with E-state index in [2.05, 4.69) is 83.8 Å². The Hall–Kier alpha value is -7.77. The quantitative estimate of drug-likeness (QED) is 0.169. The van der Waals surface area contributed by atoms with Gasteiger partial charge in [-0.15, -0.1) is 0 Å². The lowest BCUT2D eigenvalue weighted by molar-refractivity contribution is 0.620. The first-order valence-corrected chi connectivity index (χ1v) is 18.4. The molecule has 0 saturated carbocycles. The van der Waals surface area contributed by atoms with Crippen LogP contribution < -0.4 is 0 Å². The van der Waals surface area contributed by atoms with E-state index >= 15 is 0 Å². The Kier molecular flexibility index (Phi) is 7.35. The molecule has 11 aromatic rings. The van der Waals surface area contributed by atoms with Gasteiger partial charge in [0.15, 0.2) is 23.1 Å². The summed E-state index contributed by atoms with van der Waals surface area (Å²) in [6.07, 6.45) is 3.47. The molecule has 0 N–H and O–H groups in total. The fraction of sp³-hybridized carbons (Fsp3) is 0. The van der Waals surface area contributed by atoms with Crippen LogP contribution in [-0.2, 0) is 0 Å². The molecule has 0 amide bonds. The number of furan rings is 1. The highest BCUT2D eigenvalue weighted by molar-refractivity contribution is 6.11. The Bertz CT molecular complexity index is 3170. The van der Waals surface area contributed by atoms with Crippen LogP contribution in [0.3, 0.4) is 0 Å². The fourth-order valence-corrected chi connectivity index (χ4v) is 7.52. The lowest BCUT2D eigenvalue weighted by Gasteiger charge is -2.13. The van der Waals surface area contributed by atoms with Gasteiger partial charge in [0, 0.05) is 51.5 Å². The molecule has 0 radical (unpaired) electrons. The number of oxazole rings is 1. The third-order valence-corrected chi connectivity index (χ3v) is 10.3. The first-order valence-electron chi connectivity index (χ1n) is 18.4. The third-order valence-electron chi connectivity index (χ3n) is 10.3. The number of nitrogens with zero attached hydrogens (tertiary/aromatic N) is 5. The molecule has 0 aliphatic carbocycles. The second-order valence-corrected chi connectivity index (χ2v) is 13.7. The van der Waals surface area contributed by atoms with Crippen molar-refractivity contribution in [2.45, 2.75) is 0 Å². The first kappa shape index (κ1) is 31.7. The van der Waals surface area contributed by atoms with Crippen LogP contribution >= 0.6 is 0 Å². The zero-order chi connectivity index (χ0) is 37.0. The normalized spacial score (nSPS) is 11.6. The zero-order valence-corrected chi connectivity index (χ0v) is 29.8. The average Bonchev–Trinajstić information content (AvgIpc) is 3.86. The summed E-state index contributed by atoms with van der Waals surface area (Å²) in [5, 5.41) is 4.34. The van der Waals surface area contributed by atoms with Crippen molar-refractivity contribution in [3.8, 4) is 67.9 Å². The lowest BCUT2D eigenvalue weighted by Crippen LogP contribution is -2.00. The summed E-state index contributed by atoms with van der Waals surface area (Å²) in [4.78, 5) is 23.5. The Balaban J connectivity index is 0.966. The standard InChI is InChI=1S/C49H29N5O2/c1-3-9-31(10-4-1)46-52-47(32-11-5-2-6-12-32)54-48(53-46)33-17-15-30(16-18-33)36-20-21-37(39-14-8-7-13-38(36)39)35-19-22-43-40(27-35)41-28-45-42(29-44(41)55-43)51-49(56-45)34-23-25-50-26-24-34/h1-29H. The SMILES string of the molecule is c1ccc(-c2nc(-c3ccccc3)nc(-c3ccc(-c4ccc(-c5ccc6oc7cc8nc(-c9ccncc9)oc8cc7c6c5)c5ccccc45)cc3)n2)cc1. The number of aromatic nitrogens is 5. The summed E-state index contributed by atoms with van der Waals surface area (Å²) < 4.78 is 12.5. The number of hydrogen-bond acceptors (Lipinski definition) is 7. The number of benzene rings is 7. The molecule has 56 heavy (non-hydrogen) atoms. The van der Waals surface area contributed by atoms with Gasteiger partial charge in [-0.05, 0) is 63.4 Å². The first-order chi connectivity index (χ1) is 27.7. The van der Waals surface area contributed by atoms with Gasteiger partial charge in [-0.3, -0.25) is 4.98 Å². The Morgan fingerprint density at radius 3 is 1.50 bits per heavy atom. The summed E-state index contributed by atoms with van der Waals surface area (Å²) in [5.74, 6) is 2.47. The van der Waals surface area contributed by atoms with Crippen molar-refractivity contribution in [3.05, 3.63) is 176 Å². The highest BCUT2D eigenvalue weighted by Crippen LogP contribution is 2.40. The topological polar surface area (TPSA) is 90.7 Å². The van der Waals surface area contributed by atoms with E-state index in [1.807, 2.05) is 84.9 Å². The van der Waals surface area contributed by atoms with E-state index in [4.69, 9.17) is 28.8 Å². The van der Waals surface area contributed by atoms with Crippen molar-refractivity contribution in [2.75, 3.05) is 0 Å². The monoisotopic (exact) mass is 719 g/mol. The Morgan fingerprint density at radius 1 is 0.321 bits per heavy atom. The highest BCUT2D eigenvalue weighted by atomic mass is 16.4. The van der Waals surface area contributed by atoms with Gasteiger partial charge in [0.2, 0.25) is 5.89 Å². The zero-order valence-electron chi connectivity index (χ0n) is 29.8. The maximum atomic E-state index is 6.33. The van der Waals surface area contributed by atoms with Crippen molar-refractivity contribution in [3.63, 3.8) is 0 Å². The molecule has 0 atom stereocenters. The van der Waals surface area contributed by atoms with Gasteiger partial charge in [0.1, 0.15) is 16.7 Å². The molecular weight excluding hydrogens is 691 g/mol. The molecule has 0 aliphatic heterocycles. The molecule has 4 aromatic heterocycles. The summed E-state index contributed by atoms with van der Waals surface area (Å²) in [6, 6.07) is 55.8. The average molecular weight is 720 g/mol. The van der Waals surface area contributed by atoms with Gasteiger partial charge in [-0.2, -0.15) is 0 Å². The second kappa shape index (κ2) is 13.0. The smallest absolute Gasteiger partial charge is 0.227 e. The van der Waals surface area contributed by atoms with Crippen LogP contribution in [0, 0.1) is 0 Å². The van der Waals surface area contributed by atoms with Gasteiger partial charge in [-0.25, -0.2) is 19.9 Å². The van der Waals surface area contributed by atoms with Crippen LogP contribution in [0.4, 0.5) is 0 Å². The summed E-state index contributed by atoms with van der Waals surface area (Å²) in [6.45, 7) is 0. The van der Waals surface area contributed by atoms with Crippen molar-refractivity contribution >= 4 is 43.8 Å². The summed E-state index contributed by atoms with van der Waals surface area (Å²) in [5.41, 5.74) is 11.2. The van der Waals surface area contributed by atoms with E-state index in [-0.39, 0.29) is 0 Å². The minimum absolute atomic E-state index is 0.557. The van der Waals surface area contributed by atoms with Crippen LogP contribution in [-0.4, -0.2) is 24.9 Å². The van der Waals surface area contributed by atoms with Gasteiger partial charge in [0.25, 0.3) is 0 Å². The van der Waals surface area contributed by atoms with Crippen molar-refractivity contribution in [1.82, 2.24) is 24.9 Å². The van der Waals surface area contributed by atoms with Gasteiger partial charge in [0.05, 0.1) is 0 Å². The van der Waals surface area contributed by atoms with E-state index in [1.54, 1.807) is 12.4 Å². The molecular formula is C49H29N5O2. The number of hydrogen-bond donors (Lipinski definition) is 0. The van der Waals surface area contributed by atoms with E-state index in [0.29, 0.717) is 28.9 Å². The van der Waals surface area contributed by atoms with E-state index in [9.17, 15) is 0 Å². The summed E-state index contributed by atoms with van der Waals surface area (Å²) in [7, 11) is 0. The maximum absolute atomic E-state index is 6.33. The van der Waals surface area contributed by atoms with E-state index < -0.39 is 0 Å². The molecule has 0 fully saturated rings. The minimum Gasteiger partial charge on any atom is -0.456 e. The third kappa shape index (κ3) is 5.49. The molecule has 0 bridgehead atoms. The van der Waals surface area contributed by atoms with Gasteiger partial charge < -0.3 is 8.83 Å². The van der Waals surface area contributed by atoms with E-state index in [1.165, 1.54) is 10.8 Å². The van der Waals surface area contributed by atoms with Gasteiger partial charge in [-0.1, -0.05) is 127 Å². The minimum atomic E-state index is 0.557. The highest BCUT2D eigenvalue weighted by Gasteiger charge is 2.17. The lowest BCUT2D eigenvalue weighted by atomic mass is 9.91. The van der Waals surface area contributed by atoms with Crippen molar-refractivity contribution < 1.29 is 8.83 Å². The second-order valence-electron chi connectivity index (χ2n) is 13.7. The predicted molar refractivity (Wildman–Crippen MR) is 223 cm³/mol. The fourth-order valence-electron chi connectivity index (χ4n) is 7.52. The predicted octanol–water partition coefficient (Wildman–Crippen LogP) is 12.5. The molecule has 0 unspecified atom stereocenters. The molecule has 0 saturated heterocycles. The molecule has 7 nitrogen and oxygen atoms in total. The molecule has 4 heterocycles. The molecule has 7 aromatic carbocycles. The van der Waals surface area contributed by atoms with Gasteiger partial charge >= 0.3 is 0 Å². The van der Waals surface area contributed by atoms with Crippen molar-refractivity contribution in [1.29, 1.82) is 0 Å². The van der Waals surface area contributed by atoms with E-state index in [0.717, 1.165) is 72.0 Å². The molecule has 7 heteroatoms. The maximum Gasteiger partial charge on any atom is 0.227 e. The Labute approximate surface area is 320 Å². The van der Waals surface area contributed by atoms with Crippen molar-refractivity contribution in [2.24, 2.45) is 0 Å². The van der Waals surface area contributed by atoms with Crippen LogP contribution in [0.15, 0.2) is 185 Å². The van der Waals surface area contributed by atoms with Crippen LogP contribution in [0.25, 0.3) is 112 Å². The molecule has 262 valence electrons. The number of pyridine rings is 1. The largest absolute Gasteiger partial charge is 0.456 e. The number of fused-ring (bicyclic) bond motifs is 5. The molecule has 11 rings (SSSR count). The van der Waals surface area contributed by atoms with Crippen LogP contribution in [0.5, 0.6) is 0 Å². The Morgan fingerprint density at radius 2 is 0.857 bits per heavy atom. The summed E-state index contributed by atoms with van der Waals surface area (Å²) >= 11 is 0. The van der Waals surface area contributed by atoms with Crippen LogP contribution in [0.1, 0.15) is 0 Å². The van der Waals surface area contributed by atoms with Crippen LogP contribution in [0.2, 0.25) is 0 Å². The molecule has 0 spiro atoms.